The zero-order chi connectivity index (χ0) is 11.7. The van der Waals surface area contributed by atoms with Crippen molar-refractivity contribution < 1.29 is 9.53 Å². The van der Waals surface area contributed by atoms with Gasteiger partial charge >= 0.3 is 5.97 Å². The third-order valence-electron chi connectivity index (χ3n) is 2.92. The Morgan fingerprint density at radius 1 is 1.56 bits per heavy atom. The van der Waals surface area contributed by atoms with E-state index in [9.17, 15) is 4.79 Å². The van der Waals surface area contributed by atoms with Crippen LogP contribution in [0.2, 0.25) is 0 Å². The monoisotopic (exact) mass is 220 g/mol. The molecular weight excluding hydrogens is 204 g/mol. The minimum Gasteiger partial charge on any atom is -0.465 e. The van der Waals surface area contributed by atoms with Gasteiger partial charge in [0.15, 0.2) is 0 Å². The van der Waals surface area contributed by atoms with Gasteiger partial charge in [0.05, 0.1) is 24.0 Å². The van der Waals surface area contributed by atoms with Gasteiger partial charge in [-0.3, -0.25) is 0 Å². The van der Waals surface area contributed by atoms with E-state index < -0.39 is 0 Å². The summed E-state index contributed by atoms with van der Waals surface area (Å²) < 4.78 is 4.63. The number of nitrogens with one attached hydrogen (secondary N) is 1. The summed E-state index contributed by atoms with van der Waals surface area (Å²) in [7, 11) is 1.36. The third-order valence-corrected chi connectivity index (χ3v) is 2.92. The second kappa shape index (κ2) is 4.04. The van der Waals surface area contributed by atoms with Crippen LogP contribution in [0.1, 0.15) is 23.7 Å². The fourth-order valence-electron chi connectivity index (χ4n) is 1.66. The molecule has 0 heterocycles. The first-order valence-corrected chi connectivity index (χ1v) is 5.36. The molecule has 16 heavy (non-hydrogen) atoms. The normalized spacial score (nSPS) is 22.6. The van der Waals surface area contributed by atoms with Crippen LogP contribution in [-0.2, 0) is 4.74 Å². The molecule has 1 aromatic carbocycles. The van der Waals surface area contributed by atoms with Gasteiger partial charge in [0.1, 0.15) is 0 Å². The van der Waals surface area contributed by atoms with Crippen LogP contribution in [-0.4, -0.2) is 19.1 Å². The molecule has 4 heteroatoms. The molecule has 1 saturated carbocycles. The summed E-state index contributed by atoms with van der Waals surface area (Å²) in [6, 6.07) is 5.71. The summed E-state index contributed by atoms with van der Waals surface area (Å²) in [6.07, 6.45) is 1.18. The van der Waals surface area contributed by atoms with Gasteiger partial charge in [-0.05, 0) is 30.5 Å². The number of methoxy groups -OCH3 is 1. The van der Waals surface area contributed by atoms with Crippen LogP contribution in [0.25, 0.3) is 0 Å². The molecule has 0 amide bonds. The van der Waals surface area contributed by atoms with E-state index in [0.717, 1.165) is 5.69 Å². The lowest BCUT2D eigenvalue weighted by atomic mass is 10.1. The average molecular weight is 220 g/mol. The second-order valence-electron chi connectivity index (χ2n) is 4.26. The molecule has 0 radical (unpaired) electrons. The van der Waals surface area contributed by atoms with Crippen molar-refractivity contribution >= 4 is 17.3 Å². The molecule has 1 aromatic rings. The fourth-order valence-corrected chi connectivity index (χ4v) is 1.66. The number of hydrogen-bond donors (Lipinski definition) is 2. The van der Waals surface area contributed by atoms with Crippen molar-refractivity contribution in [3.8, 4) is 0 Å². The van der Waals surface area contributed by atoms with Crippen LogP contribution in [0, 0.1) is 5.92 Å². The predicted molar refractivity (Wildman–Crippen MR) is 63.4 cm³/mol. The molecule has 86 valence electrons. The van der Waals surface area contributed by atoms with Gasteiger partial charge in [0, 0.05) is 6.04 Å². The van der Waals surface area contributed by atoms with E-state index in [4.69, 9.17) is 5.73 Å². The van der Waals surface area contributed by atoms with E-state index in [1.807, 2.05) is 6.07 Å². The quantitative estimate of drug-likeness (QED) is 0.603. The molecule has 1 aliphatic rings. The highest BCUT2D eigenvalue weighted by Crippen LogP contribution is 2.34. The number of rotatable bonds is 3. The maximum atomic E-state index is 11.3. The molecule has 0 bridgehead atoms. The largest absolute Gasteiger partial charge is 0.465 e. The van der Waals surface area contributed by atoms with Crippen LogP contribution in [0.5, 0.6) is 0 Å². The molecule has 0 aliphatic heterocycles. The maximum Gasteiger partial charge on any atom is 0.337 e. The summed E-state index contributed by atoms with van der Waals surface area (Å²) in [5.74, 6) is 0.345. The van der Waals surface area contributed by atoms with E-state index >= 15 is 0 Å². The van der Waals surface area contributed by atoms with Crippen molar-refractivity contribution in [2.45, 2.75) is 19.4 Å². The number of hydrogen-bond acceptors (Lipinski definition) is 4. The van der Waals surface area contributed by atoms with E-state index in [2.05, 4.69) is 17.0 Å². The number of nitrogens with two attached hydrogens (primary N) is 1. The molecule has 1 fully saturated rings. The Hall–Kier alpha value is -1.71. The Morgan fingerprint density at radius 2 is 2.25 bits per heavy atom. The van der Waals surface area contributed by atoms with Crippen molar-refractivity contribution in [3.63, 3.8) is 0 Å². The first-order chi connectivity index (χ1) is 7.61. The smallest absolute Gasteiger partial charge is 0.337 e. The van der Waals surface area contributed by atoms with Crippen LogP contribution in [0.4, 0.5) is 11.4 Å². The summed E-state index contributed by atoms with van der Waals surface area (Å²) in [6.45, 7) is 2.19. The van der Waals surface area contributed by atoms with Crippen LogP contribution < -0.4 is 11.1 Å². The molecule has 0 spiro atoms. The lowest BCUT2D eigenvalue weighted by Crippen LogP contribution is -2.08. The highest BCUT2D eigenvalue weighted by atomic mass is 16.5. The molecule has 1 aliphatic carbocycles. The first kappa shape index (κ1) is 10.8. The number of nitrogen functional groups attached to an aromatic ring is 1. The average Bonchev–Trinajstić information content (AvgIpc) is 2.96. The molecule has 2 unspecified atom stereocenters. The number of benzene rings is 1. The number of carbonyl (C=O) groups excluding carboxylic acids is 1. The molecule has 0 aromatic heterocycles. The van der Waals surface area contributed by atoms with Crippen molar-refractivity contribution in [2.75, 3.05) is 18.2 Å². The van der Waals surface area contributed by atoms with E-state index in [-0.39, 0.29) is 5.97 Å². The molecule has 4 nitrogen and oxygen atoms in total. The zero-order valence-electron chi connectivity index (χ0n) is 9.49. The lowest BCUT2D eigenvalue weighted by molar-refractivity contribution is 0.0601. The van der Waals surface area contributed by atoms with Gasteiger partial charge < -0.3 is 15.8 Å². The summed E-state index contributed by atoms with van der Waals surface area (Å²) in [4.78, 5) is 11.3. The Morgan fingerprint density at radius 3 is 2.75 bits per heavy atom. The maximum absolute atomic E-state index is 11.3. The van der Waals surface area contributed by atoms with Crippen LogP contribution >= 0.6 is 0 Å². The summed E-state index contributed by atoms with van der Waals surface area (Å²) in [5, 5.41) is 3.34. The minimum absolute atomic E-state index is 0.363. The Labute approximate surface area is 94.8 Å². The standard InChI is InChI=1S/C12H16N2O2/c1-7-5-11(7)14-10-4-3-8(6-9(10)13)12(15)16-2/h3-4,6-7,11,14H,5,13H2,1-2H3. The zero-order valence-corrected chi connectivity index (χ0v) is 9.49. The summed E-state index contributed by atoms with van der Waals surface area (Å²) in [5.41, 5.74) is 7.82. The van der Waals surface area contributed by atoms with Crippen molar-refractivity contribution in [3.05, 3.63) is 23.8 Å². The Bertz CT molecular complexity index is 417. The van der Waals surface area contributed by atoms with Crippen LogP contribution in [0.3, 0.4) is 0 Å². The van der Waals surface area contributed by atoms with Crippen molar-refractivity contribution in [1.29, 1.82) is 0 Å². The minimum atomic E-state index is -0.363. The highest BCUT2D eigenvalue weighted by Gasteiger charge is 2.32. The van der Waals surface area contributed by atoms with Crippen LogP contribution in [0.15, 0.2) is 18.2 Å². The van der Waals surface area contributed by atoms with Gasteiger partial charge in [0.2, 0.25) is 0 Å². The number of carbonyl (C=O) groups is 1. The van der Waals surface area contributed by atoms with Gasteiger partial charge in [-0.2, -0.15) is 0 Å². The summed E-state index contributed by atoms with van der Waals surface area (Å²) >= 11 is 0. The molecule has 2 atom stereocenters. The van der Waals surface area contributed by atoms with Gasteiger partial charge in [0.25, 0.3) is 0 Å². The Balaban J connectivity index is 2.13. The number of anilines is 2. The van der Waals surface area contributed by atoms with Crippen molar-refractivity contribution in [1.82, 2.24) is 0 Å². The first-order valence-electron chi connectivity index (χ1n) is 5.36. The van der Waals surface area contributed by atoms with Crippen molar-refractivity contribution in [2.24, 2.45) is 5.92 Å². The van der Waals surface area contributed by atoms with Gasteiger partial charge in [-0.15, -0.1) is 0 Å². The Kier molecular flexibility index (Phi) is 2.73. The predicted octanol–water partition coefficient (Wildman–Crippen LogP) is 1.88. The van der Waals surface area contributed by atoms with E-state index in [1.54, 1.807) is 12.1 Å². The number of ether oxygens (including phenoxy) is 1. The van der Waals surface area contributed by atoms with Gasteiger partial charge in [-0.25, -0.2) is 4.79 Å². The van der Waals surface area contributed by atoms with E-state index in [0.29, 0.717) is 23.2 Å². The van der Waals surface area contributed by atoms with E-state index in [1.165, 1.54) is 13.5 Å². The molecule has 3 N–H and O–H groups in total. The SMILES string of the molecule is COC(=O)c1ccc(NC2CC2C)c(N)c1. The molecule has 2 rings (SSSR count). The fraction of sp³-hybridized carbons (Fsp3) is 0.417. The molecule has 0 saturated heterocycles. The second-order valence-corrected chi connectivity index (χ2v) is 4.26. The van der Waals surface area contributed by atoms with Gasteiger partial charge in [-0.1, -0.05) is 6.92 Å². The highest BCUT2D eigenvalue weighted by molar-refractivity contribution is 5.91. The topological polar surface area (TPSA) is 64.3 Å². The number of esters is 1. The molecular formula is C12H16N2O2. The third kappa shape index (κ3) is 2.10. The lowest BCUT2D eigenvalue weighted by Gasteiger charge is -2.09.